The Morgan fingerprint density at radius 1 is 1.27 bits per heavy atom. The quantitative estimate of drug-likeness (QED) is 0.812. The summed E-state index contributed by atoms with van der Waals surface area (Å²) in [6, 6.07) is 2.53. The number of thiazole rings is 1. The Hall–Kier alpha value is -2.19. The van der Waals surface area contributed by atoms with Crippen LogP contribution in [0.25, 0.3) is 5.13 Å². The van der Waals surface area contributed by atoms with E-state index in [2.05, 4.69) is 4.98 Å². The molecule has 2 aromatic rings. The number of hydrogen-bond acceptors (Lipinski definition) is 7. The van der Waals surface area contributed by atoms with Crippen molar-refractivity contribution in [2.75, 3.05) is 13.2 Å². The van der Waals surface area contributed by atoms with Gasteiger partial charge in [0, 0.05) is 12.4 Å². The first-order valence-corrected chi connectivity index (χ1v) is 7.63. The number of nitrogens with zero attached hydrogens (tertiary/aromatic N) is 2. The standard InChI is InChI=1S/C14H17N3O4S/c1-3-20-12(18)9(15)10-11(13(19)21-4-2)22-14(16-10)17-7-5-6-8-17/h5-9H,3-4,15H2,1-2H3. The summed E-state index contributed by atoms with van der Waals surface area (Å²) in [5, 5.41) is 0.530. The minimum Gasteiger partial charge on any atom is -0.465 e. The molecule has 2 aromatic heterocycles. The summed E-state index contributed by atoms with van der Waals surface area (Å²) in [7, 11) is 0. The molecule has 1 atom stereocenters. The van der Waals surface area contributed by atoms with Crippen LogP contribution < -0.4 is 5.73 Å². The predicted octanol–water partition coefficient (Wildman–Crippen LogP) is 1.67. The molecule has 0 saturated heterocycles. The van der Waals surface area contributed by atoms with Gasteiger partial charge >= 0.3 is 11.9 Å². The van der Waals surface area contributed by atoms with Crippen LogP contribution in [0, 0.1) is 0 Å². The minimum absolute atomic E-state index is 0.172. The number of hydrogen-bond donors (Lipinski definition) is 1. The van der Waals surface area contributed by atoms with Crippen molar-refractivity contribution in [3.05, 3.63) is 35.1 Å². The van der Waals surface area contributed by atoms with Gasteiger partial charge in [-0.15, -0.1) is 0 Å². The minimum atomic E-state index is -1.13. The summed E-state index contributed by atoms with van der Waals surface area (Å²) in [6.07, 6.45) is 3.57. The Morgan fingerprint density at radius 2 is 1.91 bits per heavy atom. The fourth-order valence-corrected chi connectivity index (χ4v) is 2.76. The van der Waals surface area contributed by atoms with Crippen molar-refractivity contribution in [3.63, 3.8) is 0 Å². The van der Waals surface area contributed by atoms with Crippen LogP contribution in [0.2, 0.25) is 0 Å². The Kier molecular flexibility index (Phi) is 5.29. The molecular formula is C14H17N3O4S. The monoisotopic (exact) mass is 323 g/mol. The van der Waals surface area contributed by atoms with Crippen molar-refractivity contribution in [2.24, 2.45) is 5.73 Å². The molecule has 0 bridgehead atoms. The van der Waals surface area contributed by atoms with Gasteiger partial charge in [0.2, 0.25) is 0 Å². The van der Waals surface area contributed by atoms with E-state index in [-0.39, 0.29) is 23.8 Å². The lowest BCUT2D eigenvalue weighted by atomic mass is 10.2. The van der Waals surface area contributed by atoms with Crippen molar-refractivity contribution in [1.82, 2.24) is 9.55 Å². The lowest BCUT2D eigenvalue weighted by Gasteiger charge is -2.09. The molecular weight excluding hydrogens is 306 g/mol. The second-order valence-electron chi connectivity index (χ2n) is 4.25. The highest BCUT2D eigenvalue weighted by molar-refractivity contribution is 7.16. The number of nitrogens with two attached hydrogens (primary N) is 1. The lowest BCUT2D eigenvalue weighted by Crippen LogP contribution is -2.26. The van der Waals surface area contributed by atoms with Gasteiger partial charge in [-0.2, -0.15) is 0 Å². The Bertz CT molecular complexity index is 651. The molecule has 2 heterocycles. The number of carbonyl (C=O) groups is 2. The Balaban J connectivity index is 2.41. The van der Waals surface area contributed by atoms with E-state index in [1.165, 1.54) is 0 Å². The summed E-state index contributed by atoms with van der Waals surface area (Å²) in [4.78, 5) is 28.4. The molecule has 0 spiro atoms. The molecule has 8 heteroatoms. The topological polar surface area (TPSA) is 96.4 Å². The van der Waals surface area contributed by atoms with Gasteiger partial charge in [0.05, 0.1) is 18.9 Å². The molecule has 22 heavy (non-hydrogen) atoms. The second-order valence-corrected chi connectivity index (χ2v) is 5.23. The molecule has 118 valence electrons. The Morgan fingerprint density at radius 3 is 2.50 bits per heavy atom. The van der Waals surface area contributed by atoms with E-state index in [0.29, 0.717) is 5.13 Å². The van der Waals surface area contributed by atoms with E-state index in [4.69, 9.17) is 15.2 Å². The van der Waals surface area contributed by atoms with Crippen LogP contribution in [-0.2, 0) is 14.3 Å². The third-order valence-corrected chi connectivity index (χ3v) is 3.83. The lowest BCUT2D eigenvalue weighted by molar-refractivity contribution is -0.144. The van der Waals surface area contributed by atoms with Crippen LogP contribution in [-0.4, -0.2) is 34.7 Å². The fraction of sp³-hybridized carbons (Fsp3) is 0.357. The zero-order valence-corrected chi connectivity index (χ0v) is 13.1. The van der Waals surface area contributed by atoms with Crippen molar-refractivity contribution in [2.45, 2.75) is 19.9 Å². The van der Waals surface area contributed by atoms with Gasteiger partial charge in [0.15, 0.2) is 5.13 Å². The second kappa shape index (κ2) is 7.19. The summed E-state index contributed by atoms with van der Waals surface area (Å²) in [6.45, 7) is 3.82. The van der Waals surface area contributed by atoms with Crippen molar-refractivity contribution >= 4 is 23.3 Å². The predicted molar refractivity (Wildman–Crippen MR) is 81.0 cm³/mol. The van der Waals surface area contributed by atoms with Gasteiger partial charge in [-0.05, 0) is 26.0 Å². The number of ether oxygens (including phenoxy) is 2. The first-order chi connectivity index (χ1) is 10.6. The highest BCUT2D eigenvalue weighted by Gasteiger charge is 2.29. The van der Waals surface area contributed by atoms with Gasteiger partial charge in [-0.1, -0.05) is 11.3 Å². The summed E-state index contributed by atoms with van der Waals surface area (Å²) >= 11 is 1.12. The molecule has 0 fully saturated rings. The number of carbonyl (C=O) groups excluding carboxylic acids is 2. The first kappa shape index (κ1) is 16.2. The molecule has 2 N–H and O–H groups in total. The van der Waals surface area contributed by atoms with E-state index in [0.717, 1.165) is 11.3 Å². The third kappa shape index (κ3) is 3.34. The zero-order chi connectivity index (χ0) is 16.1. The average molecular weight is 323 g/mol. The molecule has 0 aliphatic rings. The SMILES string of the molecule is CCOC(=O)c1sc(-n2cccc2)nc1C(N)C(=O)OCC. The molecule has 0 amide bonds. The zero-order valence-electron chi connectivity index (χ0n) is 12.3. The van der Waals surface area contributed by atoms with E-state index in [9.17, 15) is 9.59 Å². The molecule has 7 nitrogen and oxygen atoms in total. The first-order valence-electron chi connectivity index (χ1n) is 6.81. The van der Waals surface area contributed by atoms with Crippen molar-refractivity contribution in [1.29, 1.82) is 0 Å². The van der Waals surface area contributed by atoms with E-state index >= 15 is 0 Å². The highest BCUT2D eigenvalue weighted by atomic mass is 32.1. The maximum absolute atomic E-state index is 12.1. The molecule has 0 radical (unpaired) electrons. The highest BCUT2D eigenvalue weighted by Crippen LogP contribution is 2.27. The number of aromatic nitrogens is 2. The number of rotatable bonds is 6. The number of esters is 2. The van der Waals surface area contributed by atoms with Crippen LogP contribution in [0.3, 0.4) is 0 Å². The summed E-state index contributed by atoms with van der Waals surface area (Å²) in [5.41, 5.74) is 6.05. The smallest absolute Gasteiger partial charge is 0.350 e. The van der Waals surface area contributed by atoms with Crippen LogP contribution in [0.15, 0.2) is 24.5 Å². The van der Waals surface area contributed by atoms with E-state index in [1.54, 1.807) is 30.8 Å². The van der Waals surface area contributed by atoms with Crippen LogP contribution >= 0.6 is 11.3 Å². The van der Waals surface area contributed by atoms with E-state index < -0.39 is 18.0 Å². The van der Waals surface area contributed by atoms with Gasteiger partial charge in [-0.3, -0.25) is 0 Å². The maximum Gasteiger partial charge on any atom is 0.350 e. The van der Waals surface area contributed by atoms with Gasteiger partial charge < -0.3 is 19.8 Å². The van der Waals surface area contributed by atoms with Crippen molar-refractivity contribution < 1.29 is 19.1 Å². The largest absolute Gasteiger partial charge is 0.465 e. The Labute approximate surface area is 131 Å². The van der Waals surface area contributed by atoms with Gasteiger partial charge in [0.1, 0.15) is 10.9 Å². The average Bonchev–Trinajstić information content (AvgIpc) is 3.16. The molecule has 0 aromatic carbocycles. The molecule has 2 rings (SSSR count). The van der Waals surface area contributed by atoms with Crippen molar-refractivity contribution in [3.8, 4) is 5.13 Å². The molecule has 0 aliphatic heterocycles. The summed E-state index contributed by atoms with van der Waals surface area (Å²) in [5.74, 6) is -1.18. The normalized spacial score (nSPS) is 12.0. The van der Waals surface area contributed by atoms with E-state index in [1.807, 2.05) is 12.1 Å². The van der Waals surface area contributed by atoms with Crippen LogP contribution in [0.4, 0.5) is 0 Å². The molecule has 0 aliphatic carbocycles. The molecule has 1 unspecified atom stereocenters. The summed E-state index contributed by atoms with van der Waals surface area (Å²) < 4.78 is 11.6. The van der Waals surface area contributed by atoms with Crippen LogP contribution in [0.5, 0.6) is 0 Å². The maximum atomic E-state index is 12.1. The fourth-order valence-electron chi connectivity index (χ4n) is 1.79. The third-order valence-electron chi connectivity index (χ3n) is 2.76. The van der Waals surface area contributed by atoms with Gasteiger partial charge in [0.25, 0.3) is 0 Å². The van der Waals surface area contributed by atoms with Crippen LogP contribution in [0.1, 0.15) is 35.3 Å². The van der Waals surface area contributed by atoms with Gasteiger partial charge in [-0.25, -0.2) is 14.6 Å². The molecule has 0 saturated carbocycles.